The monoisotopic (exact) mass is 212 g/mol. The van der Waals surface area contributed by atoms with Crippen molar-refractivity contribution in [3.8, 4) is 0 Å². The molecule has 1 fully saturated rings. The molecule has 1 atom stereocenters. The van der Waals surface area contributed by atoms with Crippen molar-refractivity contribution >= 4 is 0 Å². The van der Waals surface area contributed by atoms with Crippen molar-refractivity contribution in [3.63, 3.8) is 0 Å². The summed E-state index contributed by atoms with van der Waals surface area (Å²) in [5.74, 6) is 0.876. The summed E-state index contributed by atoms with van der Waals surface area (Å²) < 4.78 is 0. The molecule has 1 heterocycles. The molecule has 90 valence electrons. The van der Waals surface area contributed by atoms with Crippen molar-refractivity contribution in [2.45, 2.75) is 52.5 Å². The maximum Gasteiger partial charge on any atom is 0.00966 e. The van der Waals surface area contributed by atoms with E-state index in [1.807, 2.05) is 0 Å². The Labute approximate surface area is 95.4 Å². The molecule has 0 amide bonds. The Kier molecular flexibility index (Phi) is 5.07. The van der Waals surface area contributed by atoms with Gasteiger partial charge in [-0.2, -0.15) is 0 Å². The predicted molar refractivity (Wildman–Crippen MR) is 67.2 cm³/mol. The van der Waals surface area contributed by atoms with Gasteiger partial charge in [-0.1, -0.05) is 13.3 Å². The minimum atomic E-state index is 0.275. The van der Waals surface area contributed by atoms with Gasteiger partial charge in [0.15, 0.2) is 0 Å². The van der Waals surface area contributed by atoms with Crippen LogP contribution in [0.3, 0.4) is 0 Å². The summed E-state index contributed by atoms with van der Waals surface area (Å²) in [5.41, 5.74) is 0.275. The van der Waals surface area contributed by atoms with E-state index in [1.54, 1.807) is 0 Å². The maximum absolute atomic E-state index is 3.61. The lowest BCUT2D eigenvalue weighted by molar-refractivity contribution is 0.307. The number of nitrogens with one attached hydrogen (secondary N) is 1. The average molecular weight is 212 g/mol. The average Bonchev–Trinajstić information content (AvgIpc) is 2.58. The van der Waals surface area contributed by atoms with Crippen LogP contribution in [-0.4, -0.2) is 36.6 Å². The molecule has 1 aliphatic rings. The van der Waals surface area contributed by atoms with Crippen LogP contribution in [0.1, 0.15) is 47.0 Å². The quantitative estimate of drug-likeness (QED) is 0.753. The van der Waals surface area contributed by atoms with E-state index in [-0.39, 0.29) is 5.54 Å². The van der Waals surface area contributed by atoms with Gasteiger partial charge in [0.2, 0.25) is 0 Å². The second-order valence-corrected chi connectivity index (χ2v) is 5.94. The van der Waals surface area contributed by atoms with Gasteiger partial charge in [-0.3, -0.25) is 0 Å². The Morgan fingerprint density at radius 2 is 2.07 bits per heavy atom. The third-order valence-electron chi connectivity index (χ3n) is 3.12. The molecule has 2 nitrogen and oxygen atoms in total. The lowest BCUT2D eigenvalue weighted by Gasteiger charge is -2.23. The van der Waals surface area contributed by atoms with Crippen molar-refractivity contribution in [3.05, 3.63) is 0 Å². The Hall–Kier alpha value is -0.0800. The van der Waals surface area contributed by atoms with E-state index in [0.717, 1.165) is 5.92 Å². The molecule has 0 radical (unpaired) electrons. The molecule has 1 rings (SSSR count). The highest BCUT2D eigenvalue weighted by Crippen LogP contribution is 2.16. The van der Waals surface area contributed by atoms with Crippen molar-refractivity contribution in [2.24, 2.45) is 5.92 Å². The minimum absolute atomic E-state index is 0.275. The van der Waals surface area contributed by atoms with E-state index in [1.165, 1.54) is 45.4 Å². The molecule has 1 aliphatic heterocycles. The largest absolute Gasteiger partial charge is 0.312 e. The molecule has 1 N–H and O–H groups in total. The summed E-state index contributed by atoms with van der Waals surface area (Å²) in [4.78, 5) is 2.62. The summed E-state index contributed by atoms with van der Waals surface area (Å²) >= 11 is 0. The van der Waals surface area contributed by atoms with Crippen LogP contribution in [0.15, 0.2) is 0 Å². The van der Waals surface area contributed by atoms with E-state index in [0.29, 0.717) is 0 Å². The maximum atomic E-state index is 3.61. The third-order valence-corrected chi connectivity index (χ3v) is 3.12. The standard InChI is InChI=1S/C13H28N2/c1-5-6-8-15-9-7-12(11-15)10-14-13(2,3)4/h12,14H,5-11H2,1-4H3. The smallest absolute Gasteiger partial charge is 0.00966 e. The van der Waals surface area contributed by atoms with Gasteiger partial charge in [0, 0.05) is 12.1 Å². The summed E-state index contributed by atoms with van der Waals surface area (Å²) in [7, 11) is 0. The first-order valence-electron chi connectivity index (χ1n) is 6.48. The van der Waals surface area contributed by atoms with Crippen molar-refractivity contribution in [2.75, 3.05) is 26.2 Å². The number of hydrogen-bond acceptors (Lipinski definition) is 2. The van der Waals surface area contributed by atoms with Crippen molar-refractivity contribution in [1.29, 1.82) is 0 Å². The zero-order chi connectivity index (χ0) is 11.3. The Balaban J connectivity index is 2.13. The first-order valence-corrected chi connectivity index (χ1v) is 6.48. The number of unbranched alkanes of at least 4 members (excludes halogenated alkanes) is 1. The first kappa shape index (κ1) is 13.0. The summed E-state index contributed by atoms with van der Waals surface area (Å²) in [6.45, 7) is 14.1. The van der Waals surface area contributed by atoms with E-state index < -0.39 is 0 Å². The van der Waals surface area contributed by atoms with Crippen LogP contribution in [0.2, 0.25) is 0 Å². The summed E-state index contributed by atoms with van der Waals surface area (Å²) in [6, 6.07) is 0. The van der Waals surface area contributed by atoms with Gasteiger partial charge >= 0.3 is 0 Å². The highest BCUT2D eigenvalue weighted by molar-refractivity contribution is 4.80. The van der Waals surface area contributed by atoms with Gasteiger partial charge in [0.25, 0.3) is 0 Å². The van der Waals surface area contributed by atoms with Gasteiger partial charge in [-0.25, -0.2) is 0 Å². The molecule has 15 heavy (non-hydrogen) atoms. The minimum Gasteiger partial charge on any atom is -0.312 e. The molecule has 0 aromatic heterocycles. The molecule has 0 spiro atoms. The fourth-order valence-electron chi connectivity index (χ4n) is 2.11. The lowest BCUT2D eigenvalue weighted by atomic mass is 10.1. The molecule has 0 aromatic carbocycles. The lowest BCUT2D eigenvalue weighted by Crippen LogP contribution is -2.39. The highest BCUT2D eigenvalue weighted by Gasteiger charge is 2.22. The molecular formula is C13H28N2. The molecular weight excluding hydrogens is 184 g/mol. The highest BCUT2D eigenvalue weighted by atomic mass is 15.1. The van der Waals surface area contributed by atoms with Crippen LogP contribution in [-0.2, 0) is 0 Å². The topological polar surface area (TPSA) is 15.3 Å². The molecule has 1 unspecified atom stereocenters. The van der Waals surface area contributed by atoms with Gasteiger partial charge < -0.3 is 10.2 Å². The van der Waals surface area contributed by atoms with Gasteiger partial charge in [-0.15, -0.1) is 0 Å². The number of hydrogen-bond donors (Lipinski definition) is 1. The van der Waals surface area contributed by atoms with Gasteiger partial charge in [-0.05, 0) is 59.2 Å². The Bertz CT molecular complexity index is 172. The number of nitrogens with zero attached hydrogens (tertiary/aromatic N) is 1. The Morgan fingerprint density at radius 3 is 2.67 bits per heavy atom. The second kappa shape index (κ2) is 5.86. The van der Waals surface area contributed by atoms with Crippen LogP contribution < -0.4 is 5.32 Å². The van der Waals surface area contributed by atoms with Crippen LogP contribution in [0.4, 0.5) is 0 Å². The molecule has 2 heteroatoms. The SMILES string of the molecule is CCCCN1CCC(CNC(C)(C)C)C1. The molecule has 0 bridgehead atoms. The van der Waals surface area contributed by atoms with Crippen LogP contribution in [0.25, 0.3) is 0 Å². The van der Waals surface area contributed by atoms with E-state index >= 15 is 0 Å². The zero-order valence-corrected chi connectivity index (χ0v) is 11.0. The number of likely N-dealkylation sites (tertiary alicyclic amines) is 1. The zero-order valence-electron chi connectivity index (χ0n) is 11.0. The van der Waals surface area contributed by atoms with Gasteiger partial charge in [0.05, 0.1) is 0 Å². The second-order valence-electron chi connectivity index (χ2n) is 5.94. The van der Waals surface area contributed by atoms with Crippen LogP contribution >= 0.6 is 0 Å². The fraction of sp³-hybridized carbons (Fsp3) is 1.00. The van der Waals surface area contributed by atoms with E-state index in [4.69, 9.17) is 0 Å². The molecule has 0 aromatic rings. The van der Waals surface area contributed by atoms with Crippen molar-refractivity contribution < 1.29 is 0 Å². The van der Waals surface area contributed by atoms with E-state index in [9.17, 15) is 0 Å². The summed E-state index contributed by atoms with van der Waals surface area (Å²) in [5, 5.41) is 3.61. The Morgan fingerprint density at radius 1 is 1.33 bits per heavy atom. The van der Waals surface area contributed by atoms with Crippen molar-refractivity contribution in [1.82, 2.24) is 10.2 Å². The normalized spacial score (nSPS) is 23.6. The fourth-order valence-corrected chi connectivity index (χ4v) is 2.11. The predicted octanol–water partition coefficient (Wildman–Crippen LogP) is 2.50. The third kappa shape index (κ3) is 5.53. The van der Waals surface area contributed by atoms with Crippen LogP contribution in [0, 0.1) is 5.92 Å². The molecule has 0 saturated carbocycles. The molecule has 1 saturated heterocycles. The van der Waals surface area contributed by atoms with Crippen LogP contribution in [0.5, 0.6) is 0 Å². The summed E-state index contributed by atoms with van der Waals surface area (Å²) in [6.07, 6.45) is 4.06. The molecule has 0 aliphatic carbocycles. The van der Waals surface area contributed by atoms with E-state index in [2.05, 4.69) is 37.9 Å². The first-order chi connectivity index (χ1) is 7.01. The van der Waals surface area contributed by atoms with Gasteiger partial charge in [0.1, 0.15) is 0 Å². The number of rotatable bonds is 5.